The molecule has 2 rings (SSSR count). The summed E-state index contributed by atoms with van der Waals surface area (Å²) in [6.07, 6.45) is 2.44. The fourth-order valence-electron chi connectivity index (χ4n) is 1.95. The molecule has 1 atom stereocenters. The molecule has 2 aromatic rings. The van der Waals surface area contributed by atoms with E-state index in [1.165, 1.54) is 0 Å². The summed E-state index contributed by atoms with van der Waals surface area (Å²) in [5.74, 6) is 0.115. The van der Waals surface area contributed by atoms with Crippen LogP contribution in [0.15, 0.2) is 36.5 Å². The number of nitrogens with two attached hydrogens (primary N) is 1. The fraction of sp³-hybridized carbons (Fsp3) is 0.267. The van der Waals surface area contributed by atoms with Crippen LogP contribution in [-0.2, 0) is 6.42 Å². The monoisotopic (exact) mass is 270 g/mol. The molecule has 0 saturated heterocycles. The number of carbonyl (C=O) groups excluding carboxylic acids is 1. The highest BCUT2D eigenvalue weighted by molar-refractivity contribution is 5.92. The van der Waals surface area contributed by atoms with Gasteiger partial charge in [0, 0.05) is 24.4 Å². The smallest absolute Gasteiger partial charge is 0.270 e. The number of aromatic nitrogens is 2. The fourth-order valence-corrected chi connectivity index (χ4v) is 1.95. The first-order valence-corrected chi connectivity index (χ1v) is 6.50. The Morgan fingerprint density at radius 1 is 1.35 bits per heavy atom. The van der Waals surface area contributed by atoms with Crippen molar-refractivity contribution >= 4 is 11.7 Å². The van der Waals surface area contributed by atoms with Crippen LogP contribution in [0.2, 0.25) is 0 Å². The van der Waals surface area contributed by atoms with Gasteiger partial charge in [-0.15, -0.1) is 0 Å². The molecule has 1 amide bonds. The van der Waals surface area contributed by atoms with Crippen molar-refractivity contribution < 1.29 is 4.79 Å². The van der Waals surface area contributed by atoms with Gasteiger partial charge >= 0.3 is 0 Å². The number of anilines is 1. The third kappa shape index (κ3) is 3.54. The van der Waals surface area contributed by atoms with Crippen molar-refractivity contribution in [3.63, 3.8) is 0 Å². The maximum atomic E-state index is 12.0. The normalized spacial score (nSPS) is 11.9. The van der Waals surface area contributed by atoms with Crippen molar-refractivity contribution in [3.05, 3.63) is 53.5 Å². The lowest BCUT2D eigenvalue weighted by molar-refractivity contribution is 0.0935. The summed E-state index contributed by atoms with van der Waals surface area (Å²) in [5.41, 5.74) is 8.01. The Bertz CT molecular complexity index is 612. The van der Waals surface area contributed by atoms with Crippen LogP contribution in [0.25, 0.3) is 0 Å². The molecule has 0 bridgehead atoms. The maximum absolute atomic E-state index is 12.0. The number of hydrogen-bond acceptors (Lipinski definition) is 4. The zero-order valence-corrected chi connectivity index (χ0v) is 11.6. The molecule has 20 heavy (non-hydrogen) atoms. The second kappa shape index (κ2) is 6.14. The number of aryl methyl sites for hydroxylation is 1. The van der Waals surface area contributed by atoms with E-state index in [2.05, 4.69) is 15.3 Å². The van der Waals surface area contributed by atoms with Gasteiger partial charge in [0.25, 0.3) is 5.91 Å². The topological polar surface area (TPSA) is 80.9 Å². The standard InChI is InChI=1S/C15H18N4O/c1-10-5-4-8-17-13(10)9-11(2)18-15(20)12-6-3-7-14(16)19-12/h3-8,11H,9H2,1-2H3,(H2,16,19)(H,18,20). The Hall–Kier alpha value is -2.43. The van der Waals surface area contributed by atoms with Crippen LogP contribution in [-0.4, -0.2) is 21.9 Å². The van der Waals surface area contributed by atoms with Gasteiger partial charge < -0.3 is 11.1 Å². The SMILES string of the molecule is Cc1cccnc1CC(C)NC(=O)c1cccc(N)n1. The van der Waals surface area contributed by atoms with Crippen LogP contribution in [0.1, 0.15) is 28.7 Å². The van der Waals surface area contributed by atoms with E-state index in [1.807, 2.05) is 26.0 Å². The molecule has 1 unspecified atom stereocenters. The van der Waals surface area contributed by atoms with E-state index in [-0.39, 0.29) is 11.9 Å². The van der Waals surface area contributed by atoms with Crippen molar-refractivity contribution in [2.75, 3.05) is 5.73 Å². The molecule has 0 spiro atoms. The van der Waals surface area contributed by atoms with Crippen LogP contribution in [0.5, 0.6) is 0 Å². The van der Waals surface area contributed by atoms with Crippen LogP contribution in [0.4, 0.5) is 5.82 Å². The number of nitrogens with zero attached hydrogens (tertiary/aromatic N) is 2. The molecule has 0 aliphatic rings. The zero-order chi connectivity index (χ0) is 14.5. The van der Waals surface area contributed by atoms with E-state index in [4.69, 9.17) is 5.73 Å². The molecule has 0 aromatic carbocycles. The third-order valence-corrected chi connectivity index (χ3v) is 3.00. The first kappa shape index (κ1) is 14.0. The van der Waals surface area contributed by atoms with Crippen molar-refractivity contribution in [1.29, 1.82) is 0 Å². The molecule has 3 N–H and O–H groups in total. The lowest BCUT2D eigenvalue weighted by atomic mass is 10.1. The lowest BCUT2D eigenvalue weighted by Gasteiger charge is -2.14. The maximum Gasteiger partial charge on any atom is 0.270 e. The molecule has 0 aliphatic carbocycles. The first-order valence-electron chi connectivity index (χ1n) is 6.50. The number of nitrogen functional groups attached to an aromatic ring is 1. The Balaban J connectivity index is 2.00. The van der Waals surface area contributed by atoms with E-state index in [0.29, 0.717) is 17.9 Å². The number of hydrogen-bond donors (Lipinski definition) is 2. The zero-order valence-electron chi connectivity index (χ0n) is 11.6. The molecule has 0 fully saturated rings. The van der Waals surface area contributed by atoms with Crippen molar-refractivity contribution in [2.24, 2.45) is 0 Å². The van der Waals surface area contributed by atoms with Gasteiger partial charge in [0.05, 0.1) is 0 Å². The molecule has 5 nitrogen and oxygen atoms in total. The van der Waals surface area contributed by atoms with Gasteiger partial charge in [-0.25, -0.2) is 4.98 Å². The van der Waals surface area contributed by atoms with Gasteiger partial charge in [0.1, 0.15) is 11.5 Å². The quantitative estimate of drug-likeness (QED) is 0.886. The van der Waals surface area contributed by atoms with E-state index in [9.17, 15) is 4.79 Å². The van der Waals surface area contributed by atoms with Gasteiger partial charge in [0.15, 0.2) is 0 Å². The number of amides is 1. The van der Waals surface area contributed by atoms with Gasteiger partial charge in [0.2, 0.25) is 0 Å². The Morgan fingerprint density at radius 2 is 2.15 bits per heavy atom. The predicted molar refractivity (Wildman–Crippen MR) is 78.3 cm³/mol. The van der Waals surface area contributed by atoms with Crippen molar-refractivity contribution in [1.82, 2.24) is 15.3 Å². The van der Waals surface area contributed by atoms with Gasteiger partial charge in [-0.2, -0.15) is 0 Å². The molecule has 0 saturated carbocycles. The highest BCUT2D eigenvalue weighted by atomic mass is 16.1. The summed E-state index contributed by atoms with van der Waals surface area (Å²) >= 11 is 0. The summed E-state index contributed by atoms with van der Waals surface area (Å²) in [7, 11) is 0. The van der Waals surface area contributed by atoms with Gasteiger partial charge in [-0.1, -0.05) is 12.1 Å². The average Bonchev–Trinajstić information content (AvgIpc) is 2.41. The number of rotatable bonds is 4. The number of pyridine rings is 2. The summed E-state index contributed by atoms with van der Waals surface area (Å²) in [6.45, 7) is 3.95. The summed E-state index contributed by atoms with van der Waals surface area (Å²) in [6, 6.07) is 8.89. The average molecular weight is 270 g/mol. The van der Waals surface area contributed by atoms with E-state index >= 15 is 0 Å². The van der Waals surface area contributed by atoms with Gasteiger partial charge in [-0.3, -0.25) is 9.78 Å². The number of nitrogens with one attached hydrogen (secondary N) is 1. The molecule has 2 aromatic heterocycles. The summed E-state index contributed by atoms with van der Waals surface area (Å²) < 4.78 is 0. The molecule has 5 heteroatoms. The van der Waals surface area contributed by atoms with E-state index in [1.54, 1.807) is 24.4 Å². The molecule has 2 heterocycles. The molecular weight excluding hydrogens is 252 g/mol. The van der Waals surface area contributed by atoms with Crippen molar-refractivity contribution in [3.8, 4) is 0 Å². The highest BCUT2D eigenvalue weighted by Gasteiger charge is 2.13. The van der Waals surface area contributed by atoms with Crippen LogP contribution < -0.4 is 11.1 Å². The summed E-state index contributed by atoms with van der Waals surface area (Å²) in [4.78, 5) is 20.4. The minimum absolute atomic E-state index is 0.0284. The molecular formula is C15H18N4O. The highest BCUT2D eigenvalue weighted by Crippen LogP contribution is 2.07. The molecule has 0 radical (unpaired) electrons. The Labute approximate surface area is 118 Å². The second-order valence-electron chi connectivity index (χ2n) is 4.79. The van der Waals surface area contributed by atoms with E-state index < -0.39 is 0 Å². The predicted octanol–water partition coefficient (Wildman–Crippen LogP) is 1.73. The first-order chi connectivity index (χ1) is 9.56. The Kier molecular flexibility index (Phi) is 4.30. The number of carbonyl (C=O) groups is 1. The lowest BCUT2D eigenvalue weighted by Crippen LogP contribution is -2.35. The van der Waals surface area contributed by atoms with Gasteiger partial charge in [-0.05, 0) is 37.6 Å². The minimum atomic E-state index is -0.224. The van der Waals surface area contributed by atoms with Crippen LogP contribution >= 0.6 is 0 Å². The minimum Gasteiger partial charge on any atom is -0.384 e. The molecule has 0 aliphatic heterocycles. The third-order valence-electron chi connectivity index (χ3n) is 3.00. The second-order valence-corrected chi connectivity index (χ2v) is 4.79. The summed E-state index contributed by atoms with van der Waals surface area (Å²) in [5, 5.41) is 2.90. The largest absolute Gasteiger partial charge is 0.384 e. The van der Waals surface area contributed by atoms with E-state index in [0.717, 1.165) is 11.3 Å². The van der Waals surface area contributed by atoms with Crippen LogP contribution in [0.3, 0.4) is 0 Å². The van der Waals surface area contributed by atoms with Crippen LogP contribution in [0, 0.1) is 6.92 Å². The Morgan fingerprint density at radius 3 is 2.85 bits per heavy atom. The van der Waals surface area contributed by atoms with Crippen molar-refractivity contribution in [2.45, 2.75) is 26.3 Å². The molecule has 104 valence electrons.